The smallest absolute Gasteiger partial charge is 0.337 e. The molecule has 2 aromatic carbocycles. The molecule has 1 amide bonds. The van der Waals surface area contributed by atoms with Crippen molar-refractivity contribution in [1.82, 2.24) is 0 Å². The Hall–Kier alpha value is -2.34. The van der Waals surface area contributed by atoms with Crippen LogP contribution in [0.25, 0.3) is 0 Å². The number of carboxylic acids is 1. The Morgan fingerprint density at radius 1 is 1.18 bits per heavy atom. The van der Waals surface area contributed by atoms with Crippen molar-refractivity contribution in [1.29, 1.82) is 0 Å². The van der Waals surface area contributed by atoms with Gasteiger partial charge in [-0.3, -0.25) is 4.79 Å². The minimum atomic E-state index is -1.10. The summed E-state index contributed by atoms with van der Waals surface area (Å²) in [6, 6.07) is 13.3. The van der Waals surface area contributed by atoms with Crippen LogP contribution in [0.15, 0.2) is 53.0 Å². The second kappa shape index (κ2) is 7.09. The molecule has 2 rings (SSSR count). The highest BCUT2D eigenvalue weighted by atomic mass is 79.9. The number of carbonyl (C=O) groups excluding carboxylic acids is 1. The van der Waals surface area contributed by atoms with E-state index in [0.717, 1.165) is 4.47 Å². The van der Waals surface area contributed by atoms with E-state index in [4.69, 9.17) is 9.84 Å². The van der Waals surface area contributed by atoms with Gasteiger partial charge < -0.3 is 15.2 Å². The van der Waals surface area contributed by atoms with Crippen LogP contribution in [0.4, 0.5) is 5.69 Å². The first-order valence-corrected chi connectivity index (χ1v) is 7.32. The van der Waals surface area contributed by atoms with Crippen LogP contribution in [0, 0.1) is 0 Å². The molecule has 22 heavy (non-hydrogen) atoms. The lowest BCUT2D eigenvalue weighted by atomic mass is 10.1. The van der Waals surface area contributed by atoms with E-state index in [0.29, 0.717) is 5.75 Å². The van der Waals surface area contributed by atoms with Crippen molar-refractivity contribution in [2.45, 2.75) is 13.0 Å². The van der Waals surface area contributed by atoms with Crippen LogP contribution in [0.1, 0.15) is 17.3 Å². The Bertz CT molecular complexity index is 702. The zero-order chi connectivity index (χ0) is 16.1. The van der Waals surface area contributed by atoms with E-state index in [1.54, 1.807) is 37.3 Å². The number of halogens is 1. The van der Waals surface area contributed by atoms with Crippen LogP contribution in [0.2, 0.25) is 0 Å². The fraction of sp³-hybridized carbons (Fsp3) is 0.125. The highest BCUT2D eigenvalue weighted by molar-refractivity contribution is 9.10. The minimum absolute atomic E-state index is 0.0329. The van der Waals surface area contributed by atoms with E-state index in [1.165, 1.54) is 12.1 Å². The Morgan fingerprint density at radius 3 is 2.59 bits per heavy atom. The Balaban J connectivity index is 2.07. The molecule has 0 aliphatic heterocycles. The highest BCUT2D eigenvalue weighted by Crippen LogP contribution is 2.20. The molecule has 0 heterocycles. The molecule has 2 aromatic rings. The van der Waals surface area contributed by atoms with Gasteiger partial charge in [0.05, 0.1) is 11.3 Å². The number of carboxylic acid groups (broad SMARTS) is 1. The van der Waals surface area contributed by atoms with Crippen molar-refractivity contribution < 1.29 is 19.4 Å². The molecule has 1 atom stereocenters. The van der Waals surface area contributed by atoms with Crippen LogP contribution >= 0.6 is 15.9 Å². The van der Waals surface area contributed by atoms with Gasteiger partial charge in [-0.05, 0) is 37.3 Å². The summed E-state index contributed by atoms with van der Waals surface area (Å²) in [4.78, 5) is 23.2. The number of hydrogen-bond donors (Lipinski definition) is 2. The van der Waals surface area contributed by atoms with E-state index in [1.807, 2.05) is 6.07 Å². The van der Waals surface area contributed by atoms with E-state index < -0.39 is 18.0 Å². The molecule has 0 aliphatic carbocycles. The van der Waals surface area contributed by atoms with Gasteiger partial charge >= 0.3 is 5.97 Å². The molecule has 6 heteroatoms. The average Bonchev–Trinajstić information content (AvgIpc) is 2.47. The highest BCUT2D eigenvalue weighted by Gasteiger charge is 2.18. The molecule has 0 saturated heterocycles. The van der Waals surface area contributed by atoms with Gasteiger partial charge in [0.15, 0.2) is 6.10 Å². The van der Waals surface area contributed by atoms with Crippen molar-refractivity contribution in [3.05, 3.63) is 58.6 Å². The number of rotatable bonds is 5. The van der Waals surface area contributed by atoms with Crippen molar-refractivity contribution in [2.75, 3.05) is 5.32 Å². The van der Waals surface area contributed by atoms with Gasteiger partial charge in [0.1, 0.15) is 5.75 Å². The maximum atomic E-state index is 12.1. The molecule has 0 fully saturated rings. The molecular formula is C16H14BrNO4. The minimum Gasteiger partial charge on any atom is -0.481 e. The lowest BCUT2D eigenvalue weighted by Crippen LogP contribution is -2.30. The molecule has 0 aromatic heterocycles. The standard InChI is InChI=1S/C16H14BrNO4/c1-10(22-12-6-4-5-11(17)9-12)15(19)18-14-8-3-2-7-13(14)16(20)21/h2-10H,1H3,(H,18,19)(H,20,21). The Morgan fingerprint density at radius 2 is 1.91 bits per heavy atom. The predicted molar refractivity (Wildman–Crippen MR) is 86.3 cm³/mol. The van der Waals surface area contributed by atoms with Gasteiger partial charge in [0.25, 0.3) is 5.91 Å². The van der Waals surface area contributed by atoms with Gasteiger partial charge in [-0.2, -0.15) is 0 Å². The van der Waals surface area contributed by atoms with E-state index >= 15 is 0 Å². The van der Waals surface area contributed by atoms with E-state index in [9.17, 15) is 9.59 Å². The molecular weight excluding hydrogens is 350 g/mol. The zero-order valence-corrected chi connectivity index (χ0v) is 13.3. The number of aromatic carboxylic acids is 1. The maximum absolute atomic E-state index is 12.1. The molecule has 0 spiro atoms. The second-order valence-electron chi connectivity index (χ2n) is 4.56. The summed E-state index contributed by atoms with van der Waals surface area (Å²) < 4.78 is 6.38. The van der Waals surface area contributed by atoms with Crippen LogP contribution < -0.4 is 10.1 Å². The largest absolute Gasteiger partial charge is 0.481 e. The topological polar surface area (TPSA) is 75.6 Å². The zero-order valence-electron chi connectivity index (χ0n) is 11.7. The summed E-state index contributed by atoms with van der Waals surface area (Å²) in [6.07, 6.45) is -0.767. The number of benzene rings is 2. The third-order valence-electron chi connectivity index (χ3n) is 2.89. The van der Waals surface area contributed by atoms with Gasteiger partial charge in [-0.15, -0.1) is 0 Å². The van der Waals surface area contributed by atoms with Gasteiger partial charge in [-0.25, -0.2) is 4.79 Å². The summed E-state index contributed by atoms with van der Waals surface area (Å²) in [5.74, 6) is -0.978. The first-order chi connectivity index (χ1) is 10.5. The quantitative estimate of drug-likeness (QED) is 0.851. The molecule has 0 bridgehead atoms. The summed E-state index contributed by atoms with van der Waals surface area (Å²) in [5, 5.41) is 11.7. The van der Waals surface area contributed by atoms with Crippen LogP contribution in [0.3, 0.4) is 0 Å². The predicted octanol–water partition coefficient (Wildman–Crippen LogP) is 3.55. The molecule has 2 N–H and O–H groups in total. The summed E-state index contributed by atoms with van der Waals surface area (Å²) >= 11 is 3.32. The number of carbonyl (C=O) groups is 2. The molecule has 114 valence electrons. The fourth-order valence-corrected chi connectivity index (χ4v) is 2.19. The molecule has 5 nitrogen and oxygen atoms in total. The number of anilines is 1. The number of para-hydroxylation sites is 1. The Labute approximate surface area is 136 Å². The average molecular weight is 364 g/mol. The third-order valence-corrected chi connectivity index (χ3v) is 3.39. The van der Waals surface area contributed by atoms with Gasteiger partial charge in [-0.1, -0.05) is 34.1 Å². The second-order valence-corrected chi connectivity index (χ2v) is 5.47. The first-order valence-electron chi connectivity index (χ1n) is 6.53. The first kappa shape index (κ1) is 16.0. The van der Waals surface area contributed by atoms with Crippen molar-refractivity contribution in [3.8, 4) is 5.75 Å². The SMILES string of the molecule is CC(Oc1cccc(Br)c1)C(=O)Nc1ccccc1C(=O)O. The summed E-state index contributed by atoms with van der Waals surface area (Å²) in [6.45, 7) is 1.60. The monoisotopic (exact) mass is 363 g/mol. The van der Waals surface area contributed by atoms with Crippen molar-refractivity contribution in [3.63, 3.8) is 0 Å². The van der Waals surface area contributed by atoms with Crippen molar-refractivity contribution in [2.24, 2.45) is 0 Å². The fourth-order valence-electron chi connectivity index (χ4n) is 1.81. The number of ether oxygens (including phenoxy) is 1. The van der Waals surface area contributed by atoms with Crippen LogP contribution in [0.5, 0.6) is 5.75 Å². The van der Waals surface area contributed by atoms with Crippen molar-refractivity contribution >= 4 is 33.5 Å². The van der Waals surface area contributed by atoms with Gasteiger partial charge in [0.2, 0.25) is 0 Å². The third kappa shape index (κ3) is 4.08. The number of nitrogens with one attached hydrogen (secondary N) is 1. The lowest BCUT2D eigenvalue weighted by Gasteiger charge is -2.15. The van der Waals surface area contributed by atoms with E-state index in [-0.39, 0.29) is 11.3 Å². The summed E-state index contributed by atoms with van der Waals surface area (Å²) in [5.41, 5.74) is 0.273. The maximum Gasteiger partial charge on any atom is 0.337 e. The van der Waals surface area contributed by atoms with Crippen LogP contribution in [-0.4, -0.2) is 23.1 Å². The number of amides is 1. The molecule has 0 aliphatic rings. The molecule has 0 radical (unpaired) electrons. The Kier molecular flexibility index (Phi) is 5.16. The van der Waals surface area contributed by atoms with Crippen LogP contribution in [-0.2, 0) is 4.79 Å². The van der Waals surface area contributed by atoms with E-state index in [2.05, 4.69) is 21.2 Å². The summed E-state index contributed by atoms with van der Waals surface area (Å²) in [7, 11) is 0. The van der Waals surface area contributed by atoms with Gasteiger partial charge in [0, 0.05) is 4.47 Å². The number of hydrogen-bond acceptors (Lipinski definition) is 3. The lowest BCUT2D eigenvalue weighted by molar-refractivity contribution is -0.122. The normalized spacial score (nSPS) is 11.5. The molecule has 1 unspecified atom stereocenters. The molecule has 0 saturated carbocycles.